The third-order valence-electron chi connectivity index (χ3n) is 3.89. The highest BCUT2D eigenvalue weighted by Crippen LogP contribution is 2.29. The predicted molar refractivity (Wildman–Crippen MR) is 100 cm³/mol. The number of aromatic nitrogens is 1. The van der Waals surface area contributed by atoms with Crippen molar-refractivity contribution in [2.45, 2.75) is 26.2 Å². The van der Waals surface area contributed by atoms with E-state index >= 15 is 0 Å². The number of nitrogens with zero attached hydrogens (tertiary/aromatic N) is 4. The quantitative estimate of drug-likeness (QED) is 0.553. The van der Waals surface area contributed by atoms with Crippen LogP contribution in [0.1, 0.15) is 26.3 Å². The summed E-state index contributed by atoms with van der Waals surface area (Å²) in [5.41, 5.74) is 6.59. The Kier molecular flexibility index (Phi) is 4.43. The summed E-state index contributed by atoms with van der Waals surface area (Å²) in [4.78, 5) is 4.52. The number of nitriles is 2. The van der Waals surface area contributed by atoms with Crippen molar-refractivity contribution in [1.82, 2.24) is 4.98 Å². The van der Waals surface area contributed by atoms with E-state index in [0.29, 0.717) is 22.7 Å². The monoisotopic (exact) mass is 343 g/mol. The lowest BCUT2D eigenvalue weighted by molar-refractivity contribution is 0.589. The van der Waals surface area contributed by atoms with Crippen LogP contribution in [0.25, 0.3) is 22.6 Å². The largest absolute Gasteiger partial charge is 0.436 e. The minimum Gasteiger partial charge on any atom is -0.436 e. The van der Waals surface area contributed by atoms with Crippen LogP contribution in [0.5, 0.6) is 0 Å². The fourth-order valence-corrected chi connectivity index (χ4v) is 2.43. The van der Waals surface area contributed by atoms with E-state index in [1.807, 2.05) is 12.1 Å². The minimum absolute atomic E-state index is 0.0899. The van der Waals surface area contributed by atoms with Crippen LogP contribution in [-0.2, 0) is 5.41 Å². The molecule has 6 nitrogen and oxygen atoms in total. The summed E-state index contributed by atoms with van der Waals surface area (Å²) in [5, 5.41) is 21.1. The Balaban J connectivity index is 1.89. The average Bonchev–Trinajstić information content (AvgIpc) is 3.05. The van der Waals surface area contributed by atoms with Crippen molar-refractivity contribution in [3.8, 4) is 23.6 Å². The van der Waals surface area contributed by atoms with Crippen molar-refractivity contribution in [3.63, 3.8) is 0 Å². The zero-order valence-corrected chi connectivity index (χ0v) is 14.7. The highest BCUT2D eigenvalue weighted by Gasteiger charge is 2.14. The summed E-state index contributed by atoms with van der Waals surface area (Å²) in [7, 11) is 0. The molecule has 0 bridgehead atoms. The molecular formula is C20H17N5O. The highest BCUT2D eigenvalue weighted by atomic mass is 16.3. The van der Waals surface area contributed by atoms with Gasteiger partial charge in [-0.15, -0.1) is 0 Å². The number of benzene rings is 2. The van der Waals surface area contributed by atoms with E-state index < -0.39 is 0 Å². The molecule has 0 aliphatic heterocycles. The summed E-state index contributed by atoms with van der Waals surface area (Å²) in [6, 6.07) is 16.8. The van der Waals surface area contributed by atoms with Crippen molar-refractivity contribution in [3.05, 3.63) is 48.0 Å². The van der Waals surface area contributed by atoms with Gasteiger partial charge in [0.1, 0.15) is 17.7 Å². The number of oxazole rings is 1. The molecule has 1 heterocycles. The molecule has 3 aromatic rings. The van der Waals surface area contributed by atoms with Crippen LogP contribution in [0.2, 0.25) is 0 Å². The number of hydrogen-bond acceptors (Lipinski definition) is 6. The molecule has 2 aromatic carbocycles. The van der Waals surface area contributed by atoms with Gasteiger partial charge < -0.3 is 4.42 Å². The fraction of sp³-hybridized carbons (Fsp3) is 0.200. The summed E-state index contributed by atoms with van der Waals surface area (Å²) in [6.07, 6.45) is 0. The second-order valence-electron chi connectivity index (χ2n) is 6.82. The maximum atomic E-state index is 8.70. The maximum Gasteiger partial charge on any atom is 0.237 e. The molecule has 26 heavy (non-hydrogen) atoms. The molecule has 128 valence electrons. The van der Waals surface area contributed by atoms with E-state index in [1.165, 1.54) is 5.56 Å². The van der Waals surface area contributed by atoms with Gasteiger partial charge >= 0.3 is 0 Å². The number of rotatable bonds is 3. The van der Waals surface area contributed by atoms with Crippen LogP contribution in [0.4, 0.5) is 5.69 Å². The van der Waals surface area contributed by atoms with Crippen molar-refractivity contribution in [2.24, 2.45) is 5.10 Å². The summed E-state index contributed by atoms with van der Waals surface area (Å²) in [5.74, 6) is 0.538. The van der Waals surface area contributed by atoms with Gasteiger partial charge in [0, 0.05) is 5.56 Å². The lowest BCUT2D eigenvalue weighted by Gasteiger charge is -2.18. The third kappa shape index (κ3) is 3.55. The van der Waals surface area contributed by atoms with Crippen molar-refractivity contribution < 1.29 is 4.42 Å². The third-order valence-corrected chi connectivity index (χ3v) is 3.89. The fourth-order valence-electron chi connectivity index (χ4n) is 2.43. The number of hydrazone groups is 1. The van der Waals surface area contributed by atoms with Crippen molar-refractivity contribution in [2.75, 3.05) is 5.43 Å². The van der Waals surface area contributed by atoms with E-state index in [2.05, 4.69) is 48.4 Å². The number of hydrogen-bond donors (Lipinski definition) is 1. The van der Waals surface area contributed by atoms with Crippen LogP contribution < -0.4 is 5.43 Å². The zero-order chi connectivity index (χ0) is 18.7. The molecular weight excluding hydrogens is 326 g/mol. The van der Waals surface area contributed by atoms with Crippen molar-refractivity contribution in [1.29, 1.82) is 10.5 Å². The van der Waals surface area contributed by atoms with Gasteiger partial charge in [-0.2, -0.15) is 15.6 Å². The van der Waals surface area contributed by atoms with Gasteiger partial charge in [-0.05, 0) is 41.3 Å². The van der Waals surface area contributed by atoms with Gasteiger partial charge in [0.25, 0.3) is 0 Å². The van der Waals surface area contributed by atoms with Gasteiger partial charge in [0.2, 0.25) is 11.6 Å². The molecule has 1 aromatic heterocycles. The second-order valence-corrected chi connectivity index (χ2v) is 6.82. The lowest BCUT2D eigenvalue weighted by atomic mass is 9.87. The topological polar surface area (TPSA) is 98.0 Å². The van der Waals surface area contributed by atoms with Crippen molar-refractivity contribution >= 4 is 22.5 Å². The Bertz CT molecular complexity index is 1040. The molecule has 6 heteroatoms. The van der Waals surface area contributed by atoms with Gasteiger partial charge in [-0.25, -0.2) is 4.98 Å². The molecule has 0 amide bonds. The number of anilines is 1. The molecule has 0 aliphatic carbocycles. The van der Waals surface area contributed by atoms with Gasteiger partial charge in [-0.3, -0.25) is 5.43 Å². The van der Waals surface area contributed by atoms with E-state index in [-0.39, 0.29) is 11.1 Å². The molecule has 0 radical (unpaired) electrons. The zero-order valence-electron chi connectivity index (χ0n) is 14.7. The first-order chi connectivity index (χ1) is 12.4. The first-order valence-corrected chi connectivity index (χ1v) is 8.06. The molecule has 0 saturated heterocycles. The first-order valence-electron chi connectivity index (χ1n) is 8.06. The number of fused-ring (bicyclic) bond motifs is 1. The normalized spacial score (nSPS) is 10.8. The lowest BCUT2D eigenvalue weighted by Crippen LogP contribution is -2.10. The van der Waals surface area contributed by atoms with Crippen LogP contribution >= 0.6 is 0 Å². The van der Waals surface area contributed by atoms with Crippen LogP contribution in [0.3, 0.4) is 0 Å². The van der Waals surface area contributed by atoms with Crippen LogP contribution in [0, 0.1) is 22.7 Å². The van der Waals surface area contributed by atoms with Crippen LogP contribution in [0.15, 0.2) is 52.0 Å². The average molecular weight is 343 g/mol. The number of nitrogens with one attached hydrogen (secondary N) is 1. The van der Waals surface area contributed by atoms with E-state index in [1.54, 1.807) is 30.3 Å². The van der Waals surface area contributed by atoms with E-state index in [9.17, 15) is 0 Å². The molecule has 0 aliphatic rings. The Morgan fingerprint density at radius 1 is 1.08 bits per heavy atom. The Morgan fingerprint density at radius 2 is 1.77 bits per heavy atom. The summed E-state index contributed by atoms with van der Waals surface area (Å²) >= 11 is 0. The van der Waals surface area contributed by atoms with Crippen LogP contribution in [-0.4, -0.2) is 10.7 Å². The summed E-state index contributed by atoms with van der Waals surface area (Å²) < 4.78 is 5.82. The Hall–Kier alpha value is -3.64. The first kappa shape index (κ1) is 17.2. The maximum absolute atomic E-state index is 8.70. The smallest absolute Gasteiger partial charge is 0.237 e. The SMILES string of the molecule is CC(C)(C)c1ccc(-c2nc3cc(NN=C(C#N)C#N)ccc3o2)cc1. The van der Waals surface area contributed by atoms with Gasteiger partial charge in [0.05, 0.1) is 5.69 Å². The minimum atomic E-state index is -0.245. The molecule has 3 rings (SSSR count). The molecule has 0 spiro atoms. The van der Waals surface area contributed by atoms with Gasteiger partial charge in [0.15, 0.2) is 5.58 Å². The highest BCUT2D eigenvalue weighted by molar-refractivity contribution is 6.10. The molecule has 0 atom stereocenters. The van der Waals surface area contributed by atoms with Gasteiger partial charge in [-0.1, -0.05) is 32.9 Å². The molecule has 0 unspecified atom stereocenters. The van der Waals surface area contributed by atoms with E-state index in [4.69, 9.17) is 14.9 Å². The Morgan fingerprint density at radius 3 is 2.38 bits per heavy atom. The van der Waals surface area contributed by atoms with E-state index in [0.717, 1.165) is 5.56 Å². The molecule has 1 N–H and O–H groups in total. The Labute approximate surface area is 151 Å². The molecule has 0 fully saturated rings. The standard InChI is InChI=1S/C20H17N5O/c1-20(2,3)14-6-4-13(5-7-14)19-23-17-10-15(8-9-18(17)26-19)24-25-16(11-21)12-22/h4-10,24H,1-3H3. The molecule has 0 saturated carbocycles. The predicted octanol–water partition coefficient (Wildman–Crippen LogP) is 4.61. The summed E-state index contributed by atoms with van der Waals surface area (Å²) in [6.45, 7) is 6.51. The second kappa shape index (κ2) is 6.70.